The molecule has 0 N–H and O–H groups in total. The van der Waals surface area contributed by atoms with Crippen molar-refractivity contribution >= 4 is 17.9 Å². The molecule has 6 nitrogen and oxygen atoms in total. The number of unbranched alkanes of at least 4 members (excludes halogenated alkanes) is 16. The Morgan fingerprint density at radius 2 is 0.526 bits per heavy atom. The zero-order valence-electron chi connectivity index (χ0n) is 48.7. The maximum absolute atomic E-state index is 12.9. The molecular weight excluding hydrogens is 937 g/mol. The molecule has 0 aliphatic heterocycles. The van der Waals surface area contributed by atoms with Gasteiger partial charge in [0.05, 0.1) is 0 Å². The van der Waals surface area contributed by atoms with E-state index in [1.807, 2.05) is 0 Å². The molecule has 0 radical (unpaired) electrons. The van der Waals surface area contributed by atoms with Crippen LogP contribution in [0.25, 0.3) is 0 Å². The number of allylic oxidation sites excluding steroid dienone is 26. The van der Waals surface area contributed by atoms with E-state index < -0.39 is 6.10 Å². The van der Waals surface area contributed by atoms with Crippen molar-refractivity contribution in [3.05, 3.63) is 158 Å². The van der Waals surface area contributed by atoms with Gasteiger partial charge in [-0.1, -0.05) is 262 Å². The Balaban J connectivity index is 4.43. The Kier molecular flexibility index (Phi) is 58.5. The number of carbonyl (C=O) groups is 3. The van der Waals surface area contributed by atoms with Gasteiger partial charge in [-0.05, 0) is 122 Å². The quantitative estimate of drug-likeness (QED) is 0.0261. The van der Waals surface area contributed by atoms with E-state index in [0.717, 1.165) is 141 Å². The van der Waals surface area contributed by atoms with Gasteiger partial charge < -0.3 is 14.2 Å². The first-order valence-electron chi connectivity index (χ1n) is 30.5. The number of hydrogen-bond donors (Lipinski definition) is 0. The minimum Gasteiger partial charge on any atom is -0.462 e. The van der Waals surface area contributed by atoms with Crippen LogP contribution in [0.1, 0.15) is 245 Å². The van der Waals surface area contributed by atoms with Gasteiger partial charge in [-0.3, -0.25) is 14.4 Å². The number of esters is 3. The summed E-state index contributed by atoms with van der Waals surface area (Å²) in [7, 11) is 0. The predicted octanol–water partition coefficient (Wildman–Crippen LogP) is 20.9. The number of hydrogen-bond acceptors (Lipinski definition) is 6. The number of rotatable bonds is 53. The van der Waals surface area contributed by atoms with Crippen molar-refractivity contribution in [3.63, 3.8) is 0 Å². The molecule has 0 aromatic rings. The van der Waals surface area contributed by atoms with Gasteiger partial charge in [-0.25, -0.2) is 0 Å². The smallest absolute Gasteiger partial charge is 0.306 e. The topological polar surface area (TPSA) is 78.9 Å². The summed E-state index contributed by atoms with van der Waals surface area (Å²) in [5.74, 6) is -0.991. The molecule has 0 aromatic heterocycles. The Bertz CT molecular complexity index is 1720. The Morgan fingerprint density at radius 1 is 0.276 bits per heavy atom. The highest BCUT2D eigenvalue weighted by Crippen LogP contribution is 2.14. The molecule has 0 aromatic carbocycles. The fraction of sp³-hybridized carbons (Fsp3) is 0.586. The third kappa shape index (κ3) is 59.9. The third-order valence-electron chi connectivity index (χ3n) is 12.3. The first-order valence-corrected chi connectivity index (χ1v) is 30.5. The molecule has 1 unspecified atom stereocenters. The van der Waals surface area contributed by atoms with Gasteiger partial charge in [0.2, 0.25) is 0 Å². The number of carbonyl (C=O) groups excluding carboxylic acids is 3. The van der Waals surface area contributed by atoms with Crippen LogP contribution in [-0.4, -0.2) is 37.2 Å². The fourth-order valence-corrected chi connectivity index (χ4v) is 7.79. The van der Waals surface area contributed by atoms with E-state index in [4.69, 9.17) is 14.2 Å². The van der Waals surface area contributed by atoms with Crippen LogP contribution in [0.3, 0.4) is 0 Å². The molecule has 426 valence electrons. The van der Waals surface area contributed by atoms with Crippen LogP contribution in [0, 0.1) is 0 Å². The zero-order valence-corrected chi connectivity index (χ0v) is 48.7. The molecule has 76 heavy (non-hydrogen) atoms. The first kappa shape index (κ1) is 71.0. The van der Waals surface area contributed by atoms with E-state index in [9.17, 15) is 14.4 Å². The maximum Gasteiger partial charge on any atom is 0.306 e. The lowest BCUT2D eigenvalue weighted by atomic mass is 10.1. The summed E-state index contributed by atoms with van der Waals surface area (Å²) in [5, 5.41) is 0. The molecule has 0 saturated carbocycles. The zero-order chi connectivity index (χ0) is 55.0. The van der Waals surface area contributed by atoms with Crippen LogP contribution >= 0.6 is 0 Å². The molecule has 0 fully saturated rings. The van der Waals surface area contributed by atoms with Gasteiger partial charge >= 0.3 is 17.9 Å². The number of ether oxygens (including phenoxy) is 3. The maximum atomic E-state index is 12.9. The van der Waals surface area contributed by atoms with Crippen LogP contribution in [0.15, 0.2) is 158 Å². The Labute approximate surface area is 467 Å². The minimum atomic E-state index is -0.815. The van der Waals surface area contributed by atoms with Gasteiger partial charge in [-0.15, -0.1) is 0 Å². The minimum absolute atomic E-state index is 0.107. The van der Waals surface area contributed by atoms with E-state index in [1.54, 1.807) is 0 Å². The van der Waals surface area contributed by atoms with E-state index >= 15 is 0 Å². The van der Waals surface area contributed by atoms with Crippen molar-refractivity contribution in [3.8, 4) is 0 Å². The van der Waals surface area contributed by atoms with E-state index in [2.05, 4.69) is 179 Å². The second-order valence-corrected chi connectivity index (χ2v) is 19.5. The summed E-state index contributed by atoms with van der Waals surface area (Å²) in [6.45, 7) is 6.33. The lowest BCUT2D eigenvalue weighted by molar-refractivity contribution is -0.167. The fourth-order valence-electron chi connectivity index (χ4n) is 7.79. The van der Waals surface area contributed by atoms with Gasteiger partial charge in [0.25, 0.3) is 0 Å². The molecule has 0 aliphatic rings. The molecule has 0 amide bonds. The standard InChI is InChI=1S/C70H110O6/c1-4-7-10-13-16-19-22-24-26-28-30-31-32-33-34-35-36-37-38-39-41-42-44-46-48-51-54-57-60-63-69(72)75-66-67(65-74-68(71)62-59-56-53-50-21-18-15-12-9-6-3)76-70(73)64-61-58-55-52-49-47-45-43-40-29-27-25-23-20-17-14-11-8-5-2/h7-8,10-11,16-17,19-20,24-27,30-31,33-34,36-37,39-41,43-44,46,51,54,67H,4-6,9,12-15,18,21-23,28-29,32,35,38,42,45,47-50,52-53,55-66H2,1-3H3/b10-7-,11-8-,19-16-,20-17-,26-24-,27-25-,31-30-,34-33-,37-36-,41-39-,43-40-,46-44-,54-51-. The largest absolute Gasteiger partial charge is 0.462 e. The van der Waals surface area contributed by atoms with Crippen LogP contribution < -0.4 is 0 Å². The molecule has 0 bridgehead atoms. The van der Waals surface area contributed by atoms with Crippen LogP contribution in [-0.2, 0) is 28.6 Å². The third-order valence-corrected chi connectivity index (χ3v) is 12.3. The Morgan fingerprint density at radius 3 is 0.855 bits per heavy atom. The lowest BCUT2D eigenvalue weighted by Gasteiger charge is -2.18. The molecule has 0 saturated heterocycles. The average molecular weight is 1050 g/mol. The predicted molar refractivity (Wildman–Crippen MR) is 329 cm³/mol. The van der Waals surface area contributed by atoms with Gasteiger partial charge in [0, 0.05) is 19.3 Å². The summed E-state index contributed by atoms with van der Waals surface area (Å²) in [6, 6.07) is 0. The summed E-state index contributed by atoms with van der Waals surface area (Å²) in [5.41, 5.74) is 0. The molecule has 0 aliphatic carbocycles. The second-order valence-electron chi connectivity index (χ2n) is 19.5. The second kappa shape index (κ2) is 62.6. The van der Waals surface area contributed by atoms with Gasteiger partial charge in [0.15, 0.2) is 6.10 Å². The van der Waals surface area contributed by atoms with Gasteiger partial charge in [-0.2, -0.15) is 0 Å². The molecular formula is C70H110O6. The summed E-state index contributed by atoms with van der Waals surface area (Å²) in [6.07, 6.45) is 91.1. The van der Waals surface area contributed by atoms with Crippen LogP contribution in [0.2, 0.25) is 0 Å². The van der Waals surface area contributed by atoms with Crippen molar-refractivity contribution in [1.82, 2.24) is 0 Å². The van der Waals surface area contributed by atoms with Crippen molar-refractivity contribution in [2.24, 2.45) is 0 Å². The van der Waals surface area contributed by atoms with Crippen molar-refractivity contribution in [2.75, 3.05) is 13.2 Å². The highest BCUT2D eigenvalue weighted by Gasteiger charge is 2.19. The molecule has 1 atom stereocenters. The van der Waals surface area contributed by atoms with Crippen LogP contribution in [0.5, 0.6) is 0 Å². The van der Waals surface area contributed by atoms with E-state index in [-0.39, 0.29) is 37.5 Å². The average Bonchev–Trinajstić information content (AvgIpc) is 3.42. The summed E-state index contributed by atoms with van der Waals surface area (Å²) < 4.78 is 16.8. The van der Waals surface area contributed by atoms with Crippen LogP contribution in [0.4, 0.5) is 0 Å². The molecule has 0 spiro atoms. The molecule has 6 heteroatoms. The normalized spacial score (nSPS) is 13.2. The molecule has 0 rings (SSSR count). The summed E-state index contributed by atoms with van der Waals surface area (Å²) >= 11 is 0. The SMILES string of the molecule is CC/C=C\C/C=C\C/C=C\C/C=C\C/C=C\C/C=C\C/C=C\C/C=C\C/C=C\CCCC(=O)OCC(COC(=O)CCCCCCCCCCCC)OC(=O)CCCCCCCC/C=C\C/C=C\C/C=C\C/C=C\CC. The lowest BCUT2D eigenvalue weighted by Crippen LogP contribution is -2.30. The monoisotopic (exact) mass is 1050 g/mol. The highest BCUT2D eigenvalue weighted by atomic mass is 16.6. The first-order chi connectivity index (χ1) is 37.5. The summed E-state index contributed by atoms with van der Waals surface area (Å²) in [4.78, 5) is 38.1. The van der Waals surface area contributed by atoms with Crippen molar-refractivity contribution < 1.29 is 28.6 Å². The molecule has 0 heterocycles. The Hall–Kier alpha value is -4.97. The highest BCUT2D eigenvalue weighted by molar-refractivity contribution is 5.71. The van der Waals surface area contributed by atoms with E-state index in [1.165, 1.54) is 57.8 Å². The van der Waals surface area contributed by atoms with Crippen molar-refractivity contribution in [1.29, 1.82) is 0 Å². The van der Waals surface area contributed by atoms with E-state index in [0.29, 0.717) is 19.3 Å². The van der Waals surface area contributed by atoms with Gasteiger partial charge in [0.1, 0.15) is 13.2 Å². The van der Waals surface area contributed by atoms with Crippen molar-refractivity contribution in [2.45, 2.75) is 252 Å².